The first kappa shape index (κ1) is 14.3. The Bertz CT molecular complexity index is 604. The van der Waals surface area contributed by atoms with Crippen LogP contribution in [0.4, 0.5) is 0 Å². The molecule has 0 spiro atoms. The number of aromatic nitrogens is 1. The molecule has 1 heterocycles. The van der Waals surface area contributed by atoms with Gasteiger partial charge in [0.1, 0.15) is 0 Å². The van der Waals surface area contributed by atoms with Crippen molar-refractivity contribution in [1.82, 2.24) is 10.3 Å². The van der Waals surface area contributed by atoms with Crippen LogP contribution in [0.1, 0.15) is 42.9 Å². The van der Waals surface area contributed by atoms with E-state index in [1.807, 2.05) is 12.4 Å². The molecule has 0 saturated carbocycles. The monoisotopic (exact) mass is 280 g/mol. The van der Waals surface area contributed by atoms with Gasteiger partial charge in [-0.1, -0.05) is 25.1 Å². The number of hydrogen-bond acceptors (Lipinski definition) is 2. The van der Waals surface area contributed by atoms with E-state index in [1.54, 1.807) is 5.56 Å². The summed E-state index contributed by atoms with van der Waals surface area (Å²) in [5, 5.41) is 3.44. The van der Waals surface area contributed by atoms with Gasteiger partial charge in [0.2, 0.25) is 0 Å². The zero-order chi connectivity index (χ0) is 14.5. The van der Waals surface area contributed by atoms with Gasteiger partial charge in [0.15, 0.2) is 0 Å². The van der Waals surface area contributed by atoms with E-state index in [1.165, 1.54) is 47.9 Å². The second kappa shape index (κ2) is 6.86. The summed E-state index contributed by atoms with van der Waals surface area (Å²) < 4.78 is 0. The van der Waals surface area contributed by atoms with Crippen LogP contribution in [0.2, 0.25) is 0 Å². The van der Waals surface area contributed by atoms with Gasteiger partial charge in [-0.15, -0.1) is 0 Å². The van der Waals surface area contributed by atoms with Crippen molar-refractivity contribution in [3.05, 3.63) is 53.3 Å². The Labute approximate surface area is 127 Å². The van der Waals surface area contributed by atoms with Gasteiger partial charge >= 0.3 is 0 Å². The molecule has 0 radical (unpaired) electrons. The highest BCUT2D eigenvalue weighted by Crippen LogP contribution is 2.27. The van der Waals surface area contributed by atoms with Gasteiger partial charge in [0.05, 0.1) is 0 Å². The molecule has 0 unspecified atom stereocenters. The zero-order valence-electron chi connectivity index (χ0n) is 12.9. The molecular formula is C19H24N2. The third-order valence-electron chi connectivity index (χ3n) is 4.23. The van der Waals surface area contributed by atoms with Crippen molar-refractivity contribution in [3.8, 4) is 11.1 Å². The third-order valence-corrected chi connectivity index (χ3v) is 4.23. The van der Waals surface area contributed by atoms with Crippen LogP contribution in [0.15, 0.2) is 36.7 Å². The lowest BCUT2D eigenvalue weighted by Gasteiger charge is -2.16. The summed E-state index contributed by atoms with van der Waals surface area (Å²) >= 11 is 0. The molecule has 1 aliphatic carbocycles. The molecule has 21 heavy (non-hydrogen) atoms. The van der Waals surface area contributed by atoms with E-state index < -0.39 is 0 Å². The van der Waals surface area contributed by atoms with Crippen molar-refractivity contribution in [3.63, 3.8) is 0 Å². The standard InChI is InChI=1S/C19H24N2/c1-2-9-20-12-15-10-19(14-21-13-15)18-8-7-16-5-3-4-6-17(16)11-18/h7-8,10-11,13-14,20H,2-6,9,12H2,1H3. The highest BCUT2D eigenvalue weighted by atomic mass is 14.8. The summed E-state index contributed by atoms with van der Waals surface area (Å²) in [5.74, 6) is 0. The lowest BCUT2D eigenvalue weighted by molar-refractivity contribution is 0.674. The molecule has 2 nitrogen and oxygen atoms in total. The fraction of sp³-hybridized carbons (Fsp3) is 0.421. The van der Waals surface area contributed by atoms with Gasteiger partial charge in [-0.2, -0.15) is 0 Å². The molecule has 0 fully saturated rings. The van der Waals surface area contributed by atoms with Crippen LogP contribution in [0.5, 0.6) is 0 Å². The number of benzene rings is 1. The summed E-state index contributed by atoms with van der Waals surface area (Å²) in [6.07, 6.45) is 10.3. The van der Waals surface area contributed by atoms with Crippen molar-refractivity contribution in [2.75, 3.05) is 6.54 Å². The van der Waals surface area contributed by atoms with Crippen molar-refractivity contribution in [2.45, 2.75) is 45.6 Å². The summed E-state index contributed by atoms with van der Waals surface area (Å²) in [5.41, 5.74) is 6.88. The minimum absolute atomic E-state index is 0.902. The quantitative estimate of drug-likeness (QED) is 0.833. The van der Waals surface area contributed by atoms with E-state index >= 15 is 0 Å². The molecule has 0 saturated heterocycles. The summed E-state index contributed by atoms with van der Waals surface area (Å²) in [6, 6.07) is 9.20. The van der Waals surface area contributed by atoms with E-state index in [0.29, 0.717) is 0 Å². The largest absolute Gasteiger partial charge is 0.313 e. The van der Waals surface area contributed by atoms with Crippen molar-refractivity contribution >= 4 is 0 Å². The van der Waals surface area contributed by atoms with Crippen LogP contribution in [0.3, 0.4) is 0 Å². The normalized spacial score (nSPS) is 14.0. The predicted molar refractivity (Wildman–Crippen MR) is 88.3 cm³/mol. The Morgan fingerprint density at radius 2 is 1.86 bits per heavy atom. The van der Waals surface area contributed by atoms with Crippen LogP contribution >= 0.6 is 0 Å². The smallest absolute Gasteiger partial charge is 0.0346 e. The van der Waals surface area contributed by atoms with Crippen LogP contribution in [-0.4, -0.2) is 11.5 Å². The first-order valence-corrected chi connectivity index (χ1v) is 8.13. The second-order valence-corrected chi connectivity index (χ2v) is 5.95. The highest BCUT2D eigenvalue weighted by Gasteiger charge is 2.10. The van der Waals surface area contributed by atoms with E-state index in [4.69, 9.17) is 0 Å². The maximum absolute atomic E-state index is 4.41. The van der Waals surface area contributed by atoms with Gasteiger partial charge in [0, 0.05) is 24.5 Å². The second-order valence-electron chi connectivity index (χ2n) is 5.95. The van der Waals surface area contributed by atoms with Crippen molar-refractivity contribution in [1.29, 1.82) is 0 Å². The van der Waals surface area contributed by atoms with E-state index in [9.17, 15) is 0 Å². The van der Waals surface area contributed by atoms with Gasteiger partial charge in [-0.3, -0.25) is 4.98 Å². The fourth-order valence-electron chi connectivity index (χ4n) is 3.06. The summed E-state index contributed by atoms with van der Waals surface area (Å²) in [4.78, 5) is 4.41. The SMILES string of the molecule is CCCNCc1cncc(-c2ccc3c(c2)CCCC3)c1. The number of pyridine rings is 1. The molecule has 0 bridgehead atoms. The molecule has 0 atom stereocenters. The maximum atomic E-state index is 4.41. The number of aryl methyl sites for hydroxylation is 2. The molecular weight excluding hydrogens is 256 g/mol. The summed E-state index contributed by atoms with van der Waals surface area (Å²) in [6.45, 7) is 4.15. The first-order chi connectivity index (χ1) is 10.4. The molecule has 0 amide bonds. The molecule has 2 heteroatoms. The first-order valence-electron chi connectivity index (χ1n) is 8.13. The number of nitrogens with one attached hydrogen (secondary N) is 1. The minimum atomic E-state index is 0.902. The van der Waals surface area contributed by atoms with Crippen molar-refractivity contribution < 1.29 is 0 Å². The molecule has 1 aliphatic rings. The van der Waals surface area contributed by atoms with Gasteiger partial charge in [-0.05, 0) is 67.0 Å². The molecule has 1 N–H and O–H groups in total. The molecule has 110 valence electrons. The van der Waals surface area contributed by atoms with Crippen LogP contribution in [0, 0.1) is 0 Å². The molecule has 2 aromatic rings. The Balaban J connectivity index is 1.81. The van der Waals surface area contributed by atoms with Gasteiger partial charge in [0.25, 0.3) is 0 Å². The van der Waals surface area contributed by atoms with E-state index in [-0.39, 0.29) is 0 Å². The van der Waals surface area contributed by atoms with Crippen LogP contribution in [0.25, 0.3) is 11.1 Å². The van der Waals surface area contributed by atoms with Crippen LogP contribution < -0.4 is 5.32 Å². The number of nitrogens with zero attached hydrogens (tertiary/aromatic N) is 1. The molecule has 1 aromatic carbocycles. The minimum Gasteiger partial charge on any atom is -0.313 e. The van der Waals surface area contributed by atoms with E-state index in [2.05, 4.69) is 41.5 Å². The zero-order valence-corrected chi connectivity index (χ0v) is 12.9. The fourth-order valence-corrected chi connectivity index (χ4v) is 3.06. The molecule has 3 rings (SSSR count). The van der Waals surface area contributed by atoms with Gasteiger partial charge in [-0.25, -0.2) is 0 Å². The number of hydrogen-bond donors (Lipinski definition) is 1. The van der Waals surface area contributed by atoms with Gasteiger partial charge < -0.3 is 5.32 Å². The topological polar surface area (TPSA) is 24.9 Å². The lowest BCUT2D eigenvalue weighted by atomic mass is 9.89. The summed E-state index contributed by atoms with van der Waals surface area (Å²) in [7, 11) is 0. The Kier molecular flexibility index (Phi) is 4.66. The average Bonchev–Trinajstić information content (AvgIpc) is 2.55. The van der Waals surface area contributed by atoms with E-state index in [0.717, 1.165) is 19.5 Å². The van der Waals surface area contributed by atoms with Crippen LogP contribution in [-0.2, 0) is 19.4 Å². The Morgan fingerprint density at radius 3 is 2.71 bits per heavy atom. The Hall–Kier alpha value is -1.67. The number of fused-ring (bicyclic) bond motifs is 1. The Morgan fingerprint density at radius 1 is 1.00 bits per heavy atom. The van der Waals surface area contributed by atoms with Crippen molar-refractivity contribution in [2.24, 2.45) is 0 Å². The third kappa shape index (κ3) is 3.51. The number of rotatable bonds is 5. The molecule has 0 aliphatic heterocycles. The predicted octanol–water partition coefficient (Wildman–Crippen LogP) is 4.13. The highest BCUT2D eigenvalue weighted by molar-refractivity contribution is 5.64. The molecule has 1 aromatic heterocycles. The maximum Gasteiger partial charge on any atom is 0.0346 e. The lowest BCUT2D eigenvalue weighted by Crippen LogP contribution is -2.13. The average molecular weight is 280 g/mol.